The maximum absolute atomic E-state index is 12.7. The Morgan fingerprint density at radius 3 is 2.38 bits per heavy atom. The number of hydrogen-bond donors (Lipinski definition) is 1. The normalized spacial score (nSPS) is 20.5. The van der Waals surface area contributed by atoms with Crippen LogP contribution in [0.1, 0.15) is 12.0 Å². The SMILES string of the molecule is COc1cc(-c2ccc(C3=NOC(O)(C(F)(F)F)C3)cc2)ccn1. The molecule has 0 radical (unpaired) electrons. The van der Waals surface area contributed by atoms with Gasteiger partial charge in [0.05, 0.1) is 19.2 Å². The summed E-state index contributed by atoms with van der Waals surface area (Å²) < 4.78 is 43.2. The number of halogens is 3. The first-order chi connectivity index (χ1) is 11.3. The summed E-state index contributed by atoms with van der Waals surface area (Å²) in [6, 6.07) is 10.2. The van der Waals surface area contributed by atoms with E-state index in [1.807, 2.05) is 0 Å². The van der Waals surface area contributed by atoms with E-state index in [0.29, 0.717) is 11.4 Å². The number of oxime groups is 1. The van der Waals surface area contributed by atoms with Crippen molar-refractivity contribution < 1.29 is 27.9 Å². The highest BCUT2D eigenvalue weighted by atomic mass is 19.4. The molecule has 2 aromatic rings. The van der Waals surface area contributed by atoms with E-state index >= 15 is 0 Å². The van der Waals surface area contributed by atoms with Gasteiger partial charge in [-0.3, -0.25) is 0 Å². The molecular formula is C16H13F3N2O3. The first-order valence-electron chi connectivity index (χ1n) is 6.97. The van der Waals surface area contributed by atoms with Crippen LogP contribution in [0.3, 0.4) is 0 Å². The summed E-state index contributed by atoms with van der Waals surface area (Å²) in [6.07, 6.45) is -4.06. The smallest absolute Gasteiger partial charge is 0.458 e. The summed E-state index contributed by atoms with van der Waals surface area (Å²) >= 11 is 0. The predicted molar refractivity (Wildman–Crippen MR) is 79.5 cm³/mol. The van der Waals surface area contributed by atoms with E-state index < -0.39 is 18.4 Å². The molecule has 8 heteroatoms. The lowest BCUT2D eigenvalue weighted by Gasteiger charge is -2.22. The van der Waals surface area contributed by atoms with Crippen molar-refractivity contribution in [1.82, 2.24) is 4.98 Å². The number of aromatic nitrogens is 1. The zero-order valence-corrected chi connectivity index (χ0v) is 12.5. The zero-order valence-electron chi connectivity index (χ0n) is 12.5. The summed E-state index contributed by atoms with van der Waals surface area (Å²) in [4.78, 5) is 8.22. The summed E-state index contributed by atoms with van der Waals surface area (Å²) in [5, 5.41) is 12.8. The standard InChI is InChI=1S/C16H13F3N2O3/c1-23-14-8-12(6-7-20-14)10-2-4-11(5-3-10)13-9-15(22,24-21-13)16(17,18)19/h2-8,22H,9H2,1H3. The fourth-order valence-corrected chi connectivity index (χ4v) is 2.28. The minimum atomic E-state index is -4.91. The third-order valence-corrected chi connectivity index (χ3v) is 3.65. The molecule has 0 saturated carbocycles. The number of methoxy groups -OCH3 is 1. The highest BCUT2D eigenvalue weighted by molar-refractivity contribution is 6.01. The molecule has 1 aromatic heterocycles. The molecule has 24 heavy (non-hydrogen) atoms. The van der Waals surface area contributed by atoms with Crippen LogP contribution in [-0.4, -0.2) is 34.9 Å². The van der Waals surface area contributed by atoms with E-state index in [4.69, 9.17) is 4.74 Å². The fourth-order valence-electron chi connectivity index (χ4n) is 2.28. The van der Waals surface area contributed by atoms with Crippen LogP contribution in [0, 0.1) is 0 Å². The van der Waals surface area contributed by atoms with E-state index in [1.54, 1.807) is 42.6 Å². The largest absolute Gasteiger partial charge is 0.481 e. The lowest BCUT2D eigenvalue weighted by Crippen LogP contribution is -2.45. The Hall–Kier alpha value is -2.61. The molecule has 126 valence electrons. The molecule has 1 aromatic carbocycles. The van der Waals surface area contributed by atoms with Gasteiger partial charge >= 0.3 is 12.0 Å². The Kier molecular flexibility index (Phi) is 3.92. The van der Waals surface area contributed by atoms with Gasteiger partial charge in [0.15, 0.2) is 0 Å². The van der Waals surface area contributed by atoms with Crippen molar-refractivity contribution in [2.75, 3.05) is 7.11 Å². The maximum atomic E-state index is 12.7. The number of nitrogens with zero attached hydrogens (tertiary/aromatic N) is 2. The molecule has 1 atom stereocenters. The Morgan fingerprint density at radius 1 is 1.12 bits per heavy atom. The number of ether oxygens (including phenoxy) is 1. The van der Waals surface area contributed by atoms with Crippen LogP contribution in [0.25, 0.3) is 11.1 Å². The third-order valence-electron chi connectivity index (χ3n) is 3.65. The van der Waals surface area contributed by atoms with Crippen molar-refractivity contribution in [1.29, 1.82) is 0 Å². The van der Waals surface area contributed by atoms with E-state index in [9.17, 15) is 18.3 Å². The number of rotatable bonds is 3. The van der Waals surface area contributed by atoms with Crippen molar-refractivity contribution in [3.63, 3.8) is 0 Å². The molecule has 3 rings (SSSR count). The topological polar surface area (TPSA) is 63.9 Å². The van der Waals surface area contributed by atoms with E-state index in [-0.39, 0.29) is 5.71 Å². The Balaban J connectivity index is 1.81. The number of pyridine rings is 1. The first kappa shape index (κ1) is 16.3. The van der Waals surface area contributed by atoms with E-state index in [0.717, 1.165) is 11.1 Å². The monoisotopic (exact) mass is 338 g/mol. The van der Waals surface area contributed by atoms with Gasteiger partial charge in [-0.15, -0.1) is 0 Å². The number of aliphatic hydroxyl groups is 1. The lowest BCUT2D eigenvalue weighted by molar-refractivity contribution is -0.355. The van der Waals surface area contributed by atoms with Crippen LogP contribution in [0.5, 0.6) is 5.88 Å². The van der Waals surface area contributed by atoms with Gasteiger partial charge in [-0.1, -0.05) is 29.4 Å². The average molecular weight is 338 g/mol. The molecule has 5 nitrogen and oxygen atoms in total. The number of benzene rings is 1. The molecule has 1 N–H and O–H groups in total. The van der Waals surface area contributed by atoms with Crippen LogP contribution in [-0.2, 0) is 4.84 Å². The van der Waals surface area contributed by atoms with E-state index in [2.05, 4.69) is 15.0 Å². The average Bonchev–Trinajstić information content (AvgIpc) is 2.99. The molecule has 0 bridgehead atoms. The molecule has 0 saturated heterocycles. The summed E-state index contributed by atoms with van der Waals surface area (Å²) in [5.74, 6) is -2.81. The molecule has 0 amide bonds. The molecule has 1 aliphatic rings. The summed E-state index contributed by atoms with van der Waals surface area (Å²) in [7, 11) is 1.51. The minimum Gasteiger partial charge on any atom is -0.481 e. The summed E-state index contributed by atoms with van der Waals surface area (Å²) in [6.45, 7) is 0. The van der Waals surface area contributed by atoms with Crippen molar-refractivity contribution in [3.8, 4) is 17.0 Å². The van der Waals surface area contributed by atoms with Crippen LogP contribution < -0.4 is 4.74 Å². The third kappa shape index (κ3) is 2.92. The second-order valence-corrected chi connectivity index (χ2v) is 5.25. The second kappa shape index (κ2) is 5.79. The molecular weight excluding hydrogens is 325 g/mol. The second-order valence-electron chi connectivity index (χ2n) is 5.25. The van der Waals surface area contributed by atoms with Crippen LogP contribution in [0.4, 0.5) is 13.2 Å². The van der Waals surface area contributed by atoms with Gasteiger partial charge in [0.25, 0.3) is 0 Å². The van der Waals surface area contributed by atoms with Crippen molar-refractivity contribution >= 4 is 5.71 Å². The van der Waals surface area contributed by atoms with Gasteiger partial charge in [-0.25, -0.2) is 4.98 Å². The first-order valence-corrected chi connectivity index (χ1v) is 6.97. The molecule has 0 aliphatic carbocycles. The van der Waals surface area contributed by atoms with Gasteiger partial charge in [-0.2, -0.15) is 13.2 Å². The molecule has 1 aliphatic heterocycles. The van der Waals surface area contributed by atoms with Crippen LogP contribution >= 0.6 is 0 Å². The summed E-state index contributed by atoms with van der Waals surface area (Å²) in [5.41, 5.74) is 2.17. The maximum Gasteiger partial charge on any atom is 0.458 e. The molecule has 0 spiro atoms. The number of alkyl halides is 3. The Morgan fingerprint density at radius 2 is 1.79 bits per heavy atom. The zero-order chi connectivity index (χ0) is 17.4. The lowest BCUT2D eigenvalue weighted by atomic mass is 9.99. The van der Waals surface area contributed by atoms with Gasteiger partial charge in [-0.05, 0) is 22.8 Å². The fraction of sp³-hybridized carbons (Fsp3) is 0.250. The molecule has 2 heterocycles. The van der Waals surface area contributed by atoms with E-state index in [1.165, 1.54) is 7.11 Å². The van der Waals surface area contributed by atoms with Crippen molar-refractivity contribution in [2.24, 2.45) is 5.16 Å². The van der Waals surface area contributed by atoms with Gasteiger partial charge < -0.3 is 14.7 Å². The van der Waals surface area contributed by atoms with Crippen molar-refractivity contribution in [2.45, 2.75) is 18.4 Å². The van der Waals surface area contributed by atoms with Gasteiger partial charge in [0.2, 0.25) is 5.88 Å². The van der Waals surface area contributed by atoms with Crippen LogP contribution in [0.2, 0.25) is 0 Å². The Bertz CT molecular complexity index is 775. The van der Waals surface area contributed by atoms with Crippen molar-refractivity contribution in [3.05, 3.63) is 48.2 Å². The minimum absolute atomic E-state index is 0.0358. The quantitative estimate of drug-likeness (QED) is 0.934. The highest BCUT2D eigenvalue weighted by Gasteiger charge is 2.60. The predicted octanol–water partition coefficient (Wildman–Crippen LogP) is 3.13. The number of hydrogen-bond acceptors (Lipinski definition) is 5. The van der Waals surface area contributed by atoms with Crippen LogP contribution in [0.15, 0.2) is 47.8 Å². The van der Waals surface area contributed by atoms with Gasteiger partial charge in [0.1, 0.15) is 0 Å². The molecule has 0 fully saturated rings. The highest BCUT2D eigenvalue weighted by Crippen LogP contribution is 2.39. The van der Waals surface area contributed by atoms with Gasteiger partial charge in [0, 0.05) is 12.3 Å². The Labute approximate surface area is 135 Å². The molecule has 1 unspecified atom stereocenters.